The first-order chi connectivity index (χ1) is 10.7. The van der Waals surface area contributed by atoms with E-state index in [1.165, 1.54) is 49.8 Å². The predicted octanol–water partition coefficient (Wildman–Crippen LogP) is 4.18. The summed E-state index contributed by atoms with van der Waals surface area (Å²) in [6.45, 7) is 0.893. The second-order valence-electron chi connectivity index (χ2n) is 8.52. The van der Waals surface area contributed by atoms with Gasteiger partial charge in [-0.25, -0.2) is 0 Å². The minimum atomic E-state index is 0.364. The Morgan fingerprint density at radius 1 is 1.05 bits per heavy atom. The molecule has 0 saturated heterocycles. The van der Waals surface area contributed by atoms with Gasteiger partial charge in [-0.05, 0) is 79.7 Å². The van der Waals surface area contributed by atoms with E-state index in [9.17, 15) is 4.79 Å². The molecule has 1 heterocycles. The Labute approximate surface area is 132 Å². The Hall–Kier alpha value is -1.31. The first kappa shape index (κ1) is 13.2. The molecule has 4 fully saturated rings. The van der Waals surface area contributed by atoms with Crippen LogP contribution in [-0.2, 0) is 11.2 Å². The van der Waals surface area contributed by atoms with Crippen molar-refractivity contribution >= 4 is 11.6 Å². The molecule has 0 radical (unpaired) electrons. The lowest BCUT2D eigenvalue weighted by molar-refractivity contribution is -0.126. The maximum Gasteiger partial charge on any atom is 0.227 e. The van der Waals surface area contributed by atoms with E-state index in [-0.39, 0.29) is 0 Å². The van der Waals surface area contributed by atoms with Crippen LogP contribution in [0.15, 0.2) is 24.3 Å². The molecule has 5 aliphatic rings. The molecule has 22 heavy (non-hydrogen) atoms. The highest BCUT2D eigenvalue weighted by atomic mass is 16.2. The van der Waals surface area contributed by atoms with Crippen LogP contribution in [0.1, 0.15) is 50.5 Å². The van der Waals surface area contributed by atoms with Crippen molar-refractivity contribution in [1.82, 2.24) is 0 Å². The molecular formula is C20H25NO. The first-order valence-electron chi connectivity index (χ1n) is 9.09. The molecule has 1 aliphatic heterocycles. The summed E-state index contributed by atoms with van der Waals surface area (Å²) in [6, 6.07) is 8.45. The number of carbonyl (C=O) groups is 1. The van der Waals surface area contributed by atoms with E-state index >= 15 is 0 Å². The maximum absolute atomic E-state index is 13.0. The first-order valence-corrected chi connectivity index (χ1v) is 9.09. The lowest BCUT2D eigenvalue weighted by Crippen LogP contribution is -2.48. The molecule has 6 rings (SSSR count). The normalized spacial score (nSPS) is 38.4. The van der Waals surface area contributed by atoms with Crippen LogP contribution in [0.3, 0.4) is 0 Å². The summed E-state index contributed by atoms with van der Waals surface area (Å²) < 4.78 is 0. The molecule has 0 aromatic heterocycles. The summed E-state index contributed by atoms with van der Waals surface area (Å²) >= 11 is 0. The Morgan fingerprint density at radius 2 is 1.68 bits per heavy atom. The van der Waals surface area contributed by atoms with Gasteiger partial charge in [-0.2, -0.15) is 0 Å². The number of amides is 1. The quantitative estimate of drug-likeness (QED) is 0.801. The van der Waals surface area contributed by atoms with Crippen molar-refractivity contribution in [2.75, 3.05) is 11.4 Å². The molecule has 2 nitrogen and oxygen atoms in total. The van der Waals surface area contributed by atoms with Crippen molar-refractivity contribution in [3.8, 4) is 0 Å². The van der Waals surface area contributed by atoms with Crippen LogP contribution < -0.4 is 4.90 Å². The van der Waals surface area contributed by atoms with Crippen molar-refractivity contribution < 1.29 is 4.79 Å². The molecule has 4 bridgehead atoms. The zero-order valence-corrected chi connectivity index (χ0v) is 13.3. The highest BCUT2D eigenvalue weighted by Crippen LogP contribution is 2.61. The van der Waals surface area contributed by atoms with Crippen LogP contribution in [0.4, 0.5) is 5.69 Å². The van der Waals surface area contributed by atoms with Gasteiger partial charge in [0.15, 0.2) is 0 Å². The van der Waals surface area contributed by atoms with E-state index in [1.54, 1.807) is 0 Å². The zero-order valence-electron chi connectivity index (χ0n) is 13.3. The molecule has 116 valence electrons. The summed E-state index contributed by atoms with van der Waals surface area (Å²) in [5.41, 5.74) is 2.89. The minimum absolute atomic E-state index is 0.364. The minimum Gasteiger partial charge on any atom is -0.312 e. The van der Waals surface area contributed by atoms with Crippen LogP contribution in [0.2, 0.25) is 0 Å². The second kappa shape index (κ2) is 4.59. The number of hydrogen-bond acceptors (Lipinski definition) is 1. The van der Waals surface area contributed by atoms with Crippen molar-refractivity contribution in [3.05, 3.63) is 29.8 Å². The Morgan fingerprint density at radius 3 is 2.36 bits per heavy atom. The molecule has 0 atom stereocenters. The van der Waals surface area contributed by atoms with E-state index in [0.29, 0.717) is 11.3 Å². The van der Waals surface area contributed by atoms with Crippen LogP contribution in [-0.4, -0.2) is 12.5 Å². The van der Waals surface area contributed by atoms with E-state index < -0.39 is 0 Å². The number of carbonyl (C=O) groups excluding carboxylic acids is 1. The smallest absolute Gasteiger partial charge is 0.227 e. The predicted molar refractivity (Wildman–Crippen MR) is 87.7 cm³/mol. The lowest BCUT2D eigenvalue weighted by Gasteiger charge is -2.56. The number of nitrogens with zero attached hydrogens (tertiary/aromatic N) is 1. The Bertz CT molecular complexity index is 585. The van der Waals surface area contributed by atoms with E-state index in [1.807, 2.05) is 0 Å². The Balaban J connectivity index is 1.37. The van der Waals surface area contributed by atoms with Gasteiger partial charge in [-0.15, -0.1) is 0 Å². The van der Waals surface area contributed by atoms with E-state index in [2.05, 4.69) is 29.2 Å². The van der Waals surface area contributed by atoms with Crippen LogP contribution in [0.25, 0.3) is 0 Å². The average molecular weight is 295 g/mol. The van der Waals surface area contributed by atoms with Gasteiger partial charge in [0.1, 0.15) is 0 Å². The topological polar surface area (TPSA) is 20.3 Å². The molecule has 2 heteroatoms. The summed E-state index contributed by atoms with van der Waals surface area (Å²) in [7, 11) is 0. The van der Waals surface area contributed by atoms with Crippen LogP contribution in [0.5, 0.6) is 0 Å². The van der Waals surface area contributed by atoms with Crippen LogP contribution >= 0.6 is 0 Å². The number of para-hydroxylation sites is 1. The van der Waals surface area contributed by atoms with Gasteiger partial charge >= 0.3 is 0 Å². The number of fused-ring (bicyclic) bond motifs is 1. The fourth-order valence-electron chi connectivity index (χ4n) is 6.52. The molecular weight excluding hydrogens is 270 g/mol. The maximum atomic E-state index is 13.0. The zero-order chi connectivity index (χ0) is 14.7. The van der Waals surface area contributed by atoms with E-state index in [0.717, 1.165) is 37.1 Å². The van der Waals surface area contributed by atoms with Gasteiger partial charge in [-0.1, -0.05) is 18.2 Å². The number of anilines is 1. The SMILES string of the molecule is O=C(CC12CC3CC(CC(C3)C1)C2)N1CCc2ccccc21. The summed E-state index contributed by atoms with van der Waals surface area (Å²) in [5, 5.41) is 0. The molecule has 1 amide bonds. The Kier molecular flexibility index (Phi) is 2.75. The van der Waals surface area contributed by atoms with Crippen molar-refractivity contribution in [2.24, 2.45) is 23.2 Å². The molecule has 0 N–H and O–H groups in total. The number of rotatable bonds is 2. The van der Waals surface area contributed by atoms with Gasteiger partial charge < -0.3 is 4.90 Å². The van der Waals surface area contributed by atoms with Crippen molar-refractivity contribution in [1.29, 1.82) is 0 Å². The molecule has 1 aromatic carbocycles. The average Bonchev–Trinajstić information content (AvgIpc) is 2.89. The molecule has 1 aromatic rings. The van der Waals surface area contributed by atoms with Gasteiger partial charge in [-0.3, -0.25) is 4.79 Å². The number of benzene rings is 1. The van der Waals surface area contributed by atoms with Gasteiger partial charge in [0.05, 0.1) is 0 Å². The molecule has 0 spiro atoms. The summed E-state index contributed by atoms with van der Waals surface area (Å²) in [6.07, 6.45) is 10.2. The third kappa shape index (κ3) is 1.96. The summed E-state index contributed by atoms with van der Waals surface area (Å²) in [5.74, 6) is 3.20. The highest BCUT2D eigenvalue weighted by molar-refractivity contribution is 5.95. The molecule has 0 unspecified atom stereocenters. The van der Waals surface area contributed by atoms with E-state index in [4.69, 9.17) is 0 Å². The fraction of sp³-hybridized carbons (Fsp3) is 0.650. The molecule has 4 saturated carbocycles. The standard InChI is InChI=1S/C20H25NO/c22-19(21-6-5-17-3-1-2-4-18(17)21)13-20-10-14-7-15(11-20)9-16(8-14)12-20/h1-4,14-16H,5-13H2. The monoisotopic (exact) mass is 295 g/mol. The third-order valence-electron chi connectivity index (χ3n) is 6.88. The number of hydrogen-bond donors (Lipinski definition) is 0. The van der Waals surface area contributed by atoms with Crippen LogP contribution in [0, 0.1) is 23.2 Å². The van der Waals surface area contributed by atoms with Gasteiger partial charge in [0, 0.05) is 18.7 Å². The van der Waals surface area contributed by atoms with Crippen molar-refractivity contribution in [2.45, 2.75) is 51.4 Å². The second-order valence-corrected chi connectivity index (χ2v) is 8.52. The third-order valence-corrected chi connectivity index (χ3v) is 6.88. The van der Waals surface area contributed by atoms with Gasteiger partial charge in [0.25, 0.3) is 0 Å². The fourth-order valence-corrected chi connectivity index (χ4v) is 6.52. The largest absolute Gasteiger partial charge is 0.312 e. The van der Waals surface area contributed by atoms with Gasteiger partial charge in [0.2, 0.25) is 5.91 Å². The highest BCUT2D eigenvalue weighted by Gasteiger charge is 2.51. The lowest BCUT2D eigenvalue weighted by atomic mass is 9.49. The molecule has 4 aliphatic carbocycles. The van der Waals surface area contributed by atoms with Crippen molar-refractivity contribution in [3.63, 3.8) is 0 Å². The summed E-state index contributed by atoms with van der Waals surface area (Å²) in [4.78, 5) is 15.1.